The van der Waals surface area contributed by atoms with E-state index in [0.717, 1.165) is 38.2 Å². The molecule has 1 aliphatic rings. The Hall–Kier alpha value is -1.94. The largest absolute Gasteiger partial charge is 0.371 e. The Balaban J connectivity index is 1.37. The molecular formula is C21H26N2OS. The number of nitrogens with zero attached hydrogens (tertiary/aromatic N) is 1. The number of piperidine rings is 1. The molecule has 1 saturated heterocycles. The molecule has 0 spiro atoms. The van der Waals surface area contributed by atoms with Crippen LogP contribution in [0.5, 0.6) is 0 Å². The highest BCUT2D eigenvalue weighted by Gasteiger charge is 2.24. The van der Waals surface area contributed by atoms with Gasteiger partial charge < -0.3 is 10.2 Å². The zero-order valence-corrected chi connectivity index (χ0v) is 15.6. The van der Waals surface area contributed by atoms with E-state index in [2.05, 4.69) is 53.5 Å². The Morgan fingerprint density at radius 1 is 1.08 bits per heavy atom. The van der Waals surface area contributed by atoms with Gasteiger partial charge in [0.25, 0.3) is 0 Å². The lowest BCUT2D eigenvalue weighted by Gasteiger charge is -2.33. The number of benzene rings is 2. The van der Waals surface area contributed by atoms with E-state index >= 15 is 0 Å². The predicted octanol–water partition coefficient (Wildman–Crippen LogP) is 4.12. The van der Waals surface area contributed by atoms with Crippen LogP contribution in [0, 0.1) is 12.8 Å². The van der Waals surface area contributed by atoms with Gasteiger partial charge in [-0.1, -0.05) is 35.9 Å². The maximum Gasteiger partial charge on any atom is 0.223 e. The molecule has 1 heterocycles. The Kier molecular flexibility index (Phi) is 6.40. The average molecular weight is 355 g/mol. The maximum absolute atomic E-state index is 12.4. The summed E-state index contributed by atoms with van der Waals surface area (Å²) in [5, 5.41) is 3.11. The SMILES string of the molecule is Cc1ccc(N2CCC(C(=O)NCCSc3ccccc3)CC2)cc1. The molecule has 0 bridgehead atoms. The fraction of sp³-hybridized carbons (Fsp3) is 0.381. The van der Waals surface area contributed by atoms with Crippen LogP contribution in [-0.2, 0) is 4.79 Å². The van der Waals surface area contributed by atoms with Crippen LogP contribution in [0.25, 0.3) is 0 Å². The van der Waals surface area contributed by atoms with Crippen molar-refractivity contribution in [1.82, 2.24) is 5.32 Å². The first-order valence-electron chi connectivity index (χ1n) is 8.99. The van der Waals surface area contributed by atoms with Gasteiger partial charge in [0.1, 0.15) is 0 Å². The number of hydrogen-bond donors (Lipinski definition) is 1. The second-order valence-corrected chi connectivity index (χ2v) is 7.72. The maximum atomic E-state index is 12.4. The number of hydrogen-bond acceptors (Lipinski definition) is 3. The number of carbonyl (C=O) groups excluding carboxylic acids is 1. The number of rotatable bonds is 6. The number of thioether (sulfide) groups is 1. The lowest BCUT2D eigenvalue weighted by atomic mass is 9.95. The molecule has 1 amide bonds. The van der Waals surface area contributed by atoms with Gasteiger partial charge in [0.2, 0.25) is 5.91 Å². The van der Waals surface area contributed by atoms with Crippen molar-refractivity contribution >= 4 is 23.4 Å². The number of anilines is 1. The lowest BCUT2D eigenvalue weighted by Crippen LogP contribution is -2.41. The van der Waals surface area contributed by atoms with Crippen LogP contribution >= 0.6 is 11.8 Å². The van der Waals surface area contributed by atoms with Crippen molar-refractivity contribution in [2.45, 2.75) is 24.7 Å². The highest BCUT2D eigenvalue weighted by Crippen LogP contribution is 2.24. The molecule has 2 aromatic rings. The summed E-state index contributed by atoms with van der Waals surface area (Å²) in [5.41, 5.74) is 2.55. The zero-order valence-electron chi connectivity index (χ0n) is 14.8. The normalized spacial score (nSPS) is 15.2. The molecule has 132 valence electrons. The fourth-order valence-electron chi connectivity index (χ4n) is 3.16. The van der Waals surface area contributed by atoms with Crippen LogP contribution in [0.15, 0.2) is 59.5 Å². The van der Waals surface area contributed by atoms with E-state index in [1.54, 1.807) is 11.8 Å². The summed E-state index contributed by atoms with van der Waals surface area (Å²) in [5.74, 6) is 1.29. The molecule has 1 fully saturated rings. The average Bonchev–Trinajstić information content (AvgIpc) is 2.67. The first-order valence-corrected chi connectivity index (χ1v) is 9.98. The molecule has 2 aromatic carbocycles. The van der Waals surface area contributed by atoms with Crippen molar-refractivity contribution in [3.8, 4) is 0 Å². The first-order chi connectivity index (χ1) is 12.2. The molecule has 1 N–H and O–H groups in total. The van der Waals surface area contributed by atoms with Gasteiger partial charge in [-0.05, 0) is 44.0 Å². The predicted molar refractivity (Wildman–Crippen MR) is 106 cm³/mol. The van der Waals surface area contributed by atoms with E-state index in [9.17, 15) is 4.79 Å². The number of amides is 1. The molecule has 4 heteroatoms. The smallest absolute Gasteiger partial charge is 0.223 e. The van der Waals surface area contributed by atoms with Crippen molar-refractivity contribution in [2.75, 3.05) is 30.3 Å². The summed E-state index contributed by atoms with van der Waals surface area (Å²) >= 11 is 1.78. The Labute approximate surface area is 154 Å². The van der Waals surface area contributed by atoms with E-state index in [1.807, 2.05) is 18.2 Å². The molecule has 0 aromatic heterocycles. The van der Waals surface area contributed by atoms with Crippen LogP contribution < -0.4 is 10.2 Å². The van der Waals surface area contributed by atoms with E-state index in [-0.39, 0.29) is 11.8 Å². The van der Waals surface area contributed by atoms with Crippen LogP contribution in [0.2, 0.25) is 0 Å². The third-order valence-corrected chi connectivity index (χ3v) is 5.69. The molecular weight excluding hydrogens is 328 g/mol. The lowest BCUT2D eigenvalue weighted by molar-refractivity contribution is -0.125. The van der Waals surface area contributed by atoms with Crippen molar-refractivity contribution in [3.63, 3.8) is 0 Å². The van der Waals surface area contributed by atoms with Crippen molar-refractivity contribution in [1.29, 1.82) is 0 Å². The van der Waals surface area contributed by atoms with Gasteiger partial charge in [-0.15, -0.1) is 11.8 Å². The summed E-state index contributed by atoms with van der Waals surface area (Å²) in [7, 11) is 0. The minimum absolute atomic E-state index is 0.156. The quantitative estimate of drug-likeness (QED) is 0.626. The second kappa shape index (κ2) is 8.95. The topological polar surface area (TPSA) is 32.3 Å². The molecule has 3 rings (SSSR count). The standard InChI is InChI=1S/C21H26N2OS/c1-17-7-9-19(10-8-17)23-14-11-18(12-15-23)21(24)22-13-16-25-20-5-3-2-4-6-20/h2-10,18H,11-16H2,1H3,(H,22,24). The molecule has 0 atom stereocenters. The van der Waals surface area contributed by atoms with Gasteiger partial charge >= 0.3 is 0 Å². The number of nitrogens with one attached hydrogen (secondary N) is 1. The van der Waals surface area contributed by atoms with Crippen LogP contribution in [-0.4, -0.2) is 31.3 Å². The van der Waals surface area contributed by atoms with Crippen LogP contribution in [0.3, 0.4) is 0 Å². The Morgan fingerprint density at radius 3 is 2.44 bits per heavy atom. The Bertz CT molecular complexity index is 664. The van der Waals surface area contributed by atoms with Crippen molar-refractivity contribution < 1.29 is 4.79 Å². The summed E-state index contributed by atoms with van der Waals surface area (Å²) in [6.45, 7) is 4.76. The van der Waals surface area contributed by atoms with Gasteiger partial charge in [-0.3, -0.25) is 4.79 Å². The summed E-state index contributed by atoms with van der Waals surface area (Å²) in [4.78, 5) is 16.0. The highest BCUT2D eigenvalue weighted by molar-refractivity contribution is 7.99. The Morgan fingerprint density at radius 2 is 1.76 bits per heavy atom. The fourth-order valence-corrected chi connectivity index (χ4v) is 3.95. The third-order valence-electron chi connectivity index (χ3n) is 4.68. The van der Waals surface area contributed by atoms with Gasteiger partial charge in [0.05, 0.1) is 0 Å². The number of carbonyl (C=O) groups is 1. The van der Waals surface area contributed by atoms with Crippen molar-refractivity contribution in [2.24, 2.45) is 5.92 Å². The molecule has 0 unspecified atom stereocenters. The summed E-state index contributed by atoms with van der Waals surface area (Å²) < 4.78 is 0. The first kappa shape index (κ1) is 17.9. The minimum Gasteiger partial charge on any atom is -0.371 e. The zero-order chi connectivity index (χ0) is 17.5. The molecule has 25 heavy (non-hydrogen) atoms. The molecule has 0 saturated carbocycles. The van der Waals surface area contributed by atoms with E-state index in [1.165, 1.54) is 16.1 Å². The van der Waals surface area contributed by atoms with Gasteiger partial charge in [-0.25, -0.2) is 0 Å². The summed E-state index contributed by atoms with van der Waals surface area (Å²) in [6, 6.07) is 19.0. The third kappa shape index (κ3) is 5.27. The van der Waals surface area contributed by atoms with E-state index < -0.39 is 0 Å². The molecule has 0 aliphatic carbocycles. The monoisotopic (exact) mass is 354 g/mol. The molecule has 3 nitrogen and oxygen atoms in total. The van der Waals surface area contributed by atoms with Gasteiger partial charge in [-0.2, -0.15) is 0 Å². The minimum atomic E-state index is 0.156. The molecule has 0 radical (unpaired) electrons. The molecule has 1 aliphatic heterocycles. The summed E-state index contributed by atoms with van der Waals surface area (Å²) in [6.07, 6.45) is 1.87. The van der Waals surface area contributed by atoms with Crippen molar-refractivity contribution in [3.05, 3.63) is 60.2 Å². The van der Waals surface area contributed by atoms with Gasteiger partial charge in [0.15, 0.2) is 0 Å². The van der Waals surface area contributed by atoms with Crippen LogP contribution in [0.1, 0.15) is 18.4 Å². The highest BCUT2D eigenvalue weighted by atomic mass is 32.2. The number of aryl methyl sites for hydroxylation is 1. The van der Waals surface area contributed by atoms with E-state index in [4.69, 9.17) is 0 Å². The van der Waals surface area contributed by atoms with E-state index in [0.29, 0.717) is 0 Å². The second-order valence-electron chi connectivity index (χ2n) is 6.55. The van der Waals surface area contributed by atoms with Crippen LogP contribution in [0.4, 0.5) is 5.69 Å². The van der Waals surface area contributed by atoms with Gasteiger partial charge in [0, 0.05) is 41.9 Å².